The molecule has 3 nitrogen and oxygen atoms in total. The summed E-state index contributed by atoms with van der Waals surface area (Å²) in [6, 6.07) is 16.8. The van der Waals surface area contributed by atoms with Crippen LogP contribution in [0.2, 0.25) is 0 Å². The average molecular weight is 379 g/mol. The smallest absolute Gasteiger partial charge is 0.147 e. The van der Waals surface area contributed by atoms with Gasteiger partial charge in [-0.05, 0) is 49.4 Å². The van der Waals surface area contributed by atoms with Crippen molar-refractivity contribution in [1.82, 2.24) is 10.2 Å². The Bertz CT molecular complexity index is 851. The molecule has 0 bridgehead atoms. The molecular formula is C23H26N2OS. The molecule has 1 heterocycles. The van der Waals surface area contributed by atoms with Gasteiger partial charge >= 0.3 is 0 Å². The minimum absolute atomic E-state index is 0.750. The molecule has 0 aliphatic rings. The molecule has 3 rings (SSSR count). The summed E-state index contributed by atoms with van der Waals surface area (Å²) in [5, 5.41) is 10.7. The molecule has 0 atom stereocenters. The molecule has 4 heteroatoms. The maximum Gasteiger partial charge on any atom is 0.147 e. The first-order chi connectivity index (χ1) is 13.3. The number of unbranched alkanes of at least 4 members (excludes halogenated alkanes) is 1. The highest BCUT2D eigenvalue weighted by molar-refractivity contribution is 7.14. The fraction of sp³-hybridized carbons (Fsp3) is 0.304. The van der Waals surface area contributed by atoms with Crippen molar-refractivity contribution in [2.24, 2.45) is 0 Å². The Labute approximate surface area is 165 Å². The van der Waals surface area contributed by atoms with Crippen LogP contribution >= 0.6 is 11.3 Å². The second-order valence-electron chi connectivity index (χ2n) is 6.41. The third-order valence-electron chi connectivity index (χ3n) is 4.27. The molecule has 0 saturated heterocycles. The lowest BCUT2D eigenvalue weighted by Gasteiger charge is -2.07. The lowest BCUT2D eigenvalue weighted by atomic mass is 10.0. The van der Waals surface area contributed by atoms with Gasteiger partial charge in [-0.15, -0.1) is 10.2 Å². The van der Waals surface area contributed by atoms with E-state index < -0.39 is 0 Å². The van der Waals surface area contributed by atoms with Crippen molar-refractivity contribution < 1.29 is 4.74 Å². The number of benzene rings is 2. The largest absolute Gasteiger partial charge is 0.494 e. The molecule has 2 aromatic carbocycles. The highest BCUT2D eigenvalue weighted by atomic mass is 32.1. The van der Waals surface area contributed by atoms with Crippen LogP contribution in [0.4, 0.5) is 0 Å². The summed E-state index contributed by atoms with van der Waals surface area (Å²) in [5.41, 5.74) is 3.50. The molecule has 1 aromatic heterocycles. The Kier molecular flexibility index (Phi) is 7.17. The zero-order valence-corrected chi connectivity index (χ0v) is 16.8. The van der Waals surface area contributed by atoms with E-state index in [9.17, 15) is 0 Å². The molecule has 0 aliphatic heterocycles. The quantitative estimate of drug-likeness (QED) is 0.312. The Balaban J connectivity index is 1.61. The number of hydrogen-bond donors (Lipinski definition) is 0. The summed E-state index contributed by atoms with van der Waals surface area (Å²) < 4.78 is 5.79. The van der Waals surface area contributed by atoms with Gasteiger partial charge in [-0.25, -0.2) is 0 Å². The third-order valence-corrected chi connectivity index (χ3v) is 5.30. The molecule has 140 valence electrons. The van der Waals surface area contributed by atoms with Crippen LogP contribution in [0.25, 0.3) is 21.7 Å². The van der Waals surface area contributed by atoms with E-state index in [0.29, 0.717) is 0 Å². The molecular weight excluding hydrogens is 352 g/mol. The van der Waals surface area contributed by atoms with Gasteiger partial charge < -0.3 is 4.74 Å². The zero-order chi connectivity index (χ0) is 18.9. The molecule has 27 heavy (non-hydrogen) atoms. The van der Waals surface area contributed by atoms with E-state index in [2.05, 4.69) is 65.7 Å². The lowest BCUT2D eigenvalue weighted by Crippen LogP contribution is -1.96. The Hall–Kier alpha value is -2.46. The zero-order valence-electron chi connectivity index (χ0n) is 16.0. The molecule has 0 radical (unpaired) electrons. The highest BCUT2D eigenvalue weighted by Crippen LogP contribution is 2.28. The molecule has 0 fully saturated rings. The van der Waals surface area contributed by atoms with E-state index >= 15 is 0 Å². The lowest BCUT2D eigenvalue weighted by molar-refractivity contribution is 0.312. The number of aryl methyl sites for hydroxylation is 1. The highest BCUT2D eigenvalue weighted by Gasteiger charge is 2.07. The van der Waals surface area contributed by atoms with Crippen LogP contribution in [-0.4, -0.2) is 16.8 Å². The monoisotopic (exact) mass is 378 g/mol. The predicted octanol–water partition coefficient (Wildman–Crippen LogP) is 6.56. The van der Waals surface area contributed by atoms with Crippen molar-refractivity contribution in [3.63, 3.8) is 0 Å². The van der Waals surface area contributed by atoms with E-state index in [1.165, 1.54) is 11.1 Å². The minimum Gasteiger partial charge on any atom is -0.494 e. The Morgan fingerprint density at radius 3 is 2.26 bits per heavy atom. The summed E-state index contributed by atoms with van der Waals surface area (Å²) in [6.45, 7) is 4.96. The maximum atomic E-state index is 5.79. The summed E-state index contributed by atoms with van der Waals surface area (Å²) in [4.78, 5) is 0. The maximum absolute atomic E-state index is 5.79. The van der Waals surface area contributed by atoms with Gasteiger partial charge in [-0.2, -0.15) is 0 Å². The van der Waals surface area contributed by atoms with Gasteiger partial charge in [0.1, 0.15) is 15.8 Å². The minimum atomic E-state index is 0.750. The van der Waals surface area contributed by atoms with Gasteiger partial charge in [0.05, 0.1) is 6.61 Å². The Morgan fingerprint density at radius 1 is 0.926 bits per heavy atom. The van der Waals surface area contributed by atoms with Crippen molar-refractivity contribution in [2.75, 3.05) is 6.61 Å². The molecule has 0 amide bonds. The summed E-state index contributed by atoms with van der Waals surface area (Å²) in [6.07, 6.45) is 8.45. The van der Waals surface area contributed by atoms with Crippen LogP contribution in [0.1, 0.15) is 38.1 Å². The number of hydrogen-bond acceptors (Lipinski definition) is 4. The fourth-order valence-corrected chi connectivity index (χ4v) is 3.74. The molecule has 3 aromatic rings. The third kappa shape index (κ3) is 5.51. The van der Waals surface area contributed by atoms with Crippen LogP contribution in [-0.2, 0) is 6.42 Å². The van der Waals surface area contributed by atoms with Gasteiger partial charge in [0.25, 0.3) is 0 Å². The van der Waals surface area contributed by atoms with Crippen LogP contribution in [0.15, 0.2) is 60.7 Å². The average Bonchev–Trinajstić information content (AvgIpc) is 3.17. The Morgan fingerprint density at radius 2 is 1.59 bits per heavy atom. The first kappa shape index (κ1) is 19.3. The van der Waals surface area contributed by atoms with Crippen molar-refractivity contribution >= 4 is 11.3 Å². The van der Waals surface area contributed by atoms with Gasteiger partial charge in [-0.1, -0.05) is 66.8 Å². The topological polar surface area (TPSA) is 35.0 Å². The van der Waals surface area contributed by atoms with Crippen LogP contribution in [0.3, 0.4) is 0 Å². The SMILES string of the molecule is CC=CCCCOc1ccc(-c2ccc(-c3nnc(CCC)s3)cc2)cc1. The van der Waals surface area contributed by atoms with Crippen molar-refractivity contribution in [1.29, 1.82) is 0 Å². The molecule has 0 unspecified atom stereocenters. The predicted molar refractivity (Wildman–Crippen MR) is 114 cm³/mol. The normalized spacial score (nSPS) is 11.2. The van der Waals surface area contributed by atoms with Crippen molar-refractivity contribution in [2.45, 2.75) is 39.5 Å². The second kappa shape index (κ2) is 10.0. The van der Waals surface area contributed by atoms with Gasteiger partial charge in [-0.3, -0.25) is 0 Å². The molecule has 0 spiro atoms. The van der Waals surface area contributed by atoms with E-state index in [1.54, 1.807) is 11.3 Å². The number of allylic oxidation sites excluding steroid dienone is 2. The number of aromatic nitrogens is 2. The van der Waals surface area contributed by atoms with Gasteiger partial charge in [0.2, 0.25) is 0 Å². The van der Waals surface area contributed by atoms with Crippen LogP contribution in [0, 0.1) is 0 Å². The van der Waals surface area contributed by atoms with Gasteiger partial charge in [0.15, 0.2) is 0 Å². The summed E-state index contributed by atoms with van der Waals surface area (Å²) in [5.74, 6) is 0.924. The van der Waals surface area contributed by atoms with Crippen LogP contribution in [0.5, 0.6) is 5.75 Å². The van der Waals surface area contributed by atoms with E-state index in [-0.39, 0.29) is 0 Å². The fourth-order valence-electron chi connectivity index (χ4n) is 2.79. The van der Waals surface area contributed by atoms with E-state index in [1.807, 2.05) is 19.1 Å². The van der Waals surface area contributed by atoms with Crippen molar-refractivity contribution in [3.8, 4) is 27.4 Å². The number of nitrogens with zero attached hydrogens (tertiary/aromatic N) is 2. The number of ether oxygens (including phenoxy) is 1. The molecule has 0 aliphatic carbocycles. The molecule has 0 N–H and O–H groups in total. The van der Waals surface area contributed by atoms with Crippen molar-refractivity contribution in [3.05, 3.63) is 65.7 Å². The van der Waals surface area contributed by atoms with E-state index in [4.69, 9.17) is 4.74 Å². The molecule has 0 saturated carbocycles. The van der Waals surface area contributed by atoms with Gasteiger partial charge in [0, 0.05) is 12.0 Å². The van der Waals surface area contributed by atoms with Crippen LogP contribution < -0.4 is 4.74 Å². The summed E-state index contributed by atoms with van der Waals surface area (Å²) in [7, 11) is 0. The standard InChI is InChI=1S/C23H26N2OS/c1-3-5-6-7-17-26-21-15-13-19(14-16-21)18-9-11-20(12-10-18)23-25-24-22(27-23)8-4-2/h3,5,9-16H,4,6-8,17H2,1-2H3. The first-order valence-corrected chi connectivity index (χ1v) is 10.4. The first-order valence-electron chi connectivity index (χ1n) is 9.57. The second-order valence-corrected chi connectivity index (χ2v) is 7.47. The van der Waals surface area contributed by atoms with E-state index in [0.717, 1.165) is 53.6 Å². The number of rotatable bonds is 9. The summed E-state index contributed by atoms with van der Waals surface area (Å²) >= 11 is 1.68.